The van der Waals surface area contributed by atoms with Crippen molar-refractivity contribution in [3.05, 3.63) is 17.5 Å². The molecule has 1 unspecified atom stereocenters. The van der Waals surface area contributed by atoms with Gasteiger partial charge in [0.05, 0.1) is 19.2 Å². The second-order valence-electron chi connectivity index (χ2n) is 4.01. The summed E-state index contributed by atoms with van der Waals surface area (Å²) < 4.78 is 6.56. The van der Waals surface area contributed by atoms with E-state index in [2.05, 4.69) is 22.8 Å². The zero-order chi connectivity index (χ0) is 12.8. The van der Waals surface area contributed by atoms with Gasteiger partial charge in [-0.2, -0.15) is 16.9 Å². The molecule has 1 aromatic heterocycles. The third kappa shape index (κ3) is 4.42. The molecule has 0 bridgehead atoms. The first-order valence-electron chi connectivity index (χ1n) is 5.77. The average molecular weight is 256 g/mol. The number of hydrogen-bond donors (Lipinski definition) is 0. The van der Waals surface area contributed by atoms with Gasteiger partial charge in [0, 0.05) is 23.7 Å². The fourth-order valence-electron chi connectivity index (χ4n) is 1.48. The SMILES string of the molecule is CCc1cc(CSC(C)CC(=O)OC)n(C)n1. The third-order valence-corrected chi connectivity index (χ3v) is 3.79. The van der Waals surface area contributed by atoms with Crippen molar-refractivity contribution < 1.29 is 9.53 Å². The largest absolute Gasteiger partial charge is 0.469 e. The van der Waals surface area contributed by atoms with E-state index < -0.39 is 0 Å². The zero-order valence-electron chi connectivity index (χ0n) is 10.9. The normalized spacial score (nSPS) is 12.5. The van der Waals surface area contributed by atoms with Crippen molar-refractivity contribution in [2.75, 3.05) is 7.11 Å². The molecule has 0 aliphatic heterocycles. The summed E-state index contributed by atoms with van der Waals surface area (Å²) >= 11 is 1.75. The topological polar surface area (TPSA) is 44.1 Å². The van der Waals surface area contributed by atoms with E-state index in [0.717, 1.165) is 17.9 Å². The molecule has 1 rings (SSSR count). The number of thioether (sulfide) groups is 1. The van der Waals surface area contributed by atoms with Crippen LogP contribution in [0.2, 0.25) is 0 Å². The molecule has 17 heavy (non-hydrogen) atoms. The lowest BCUT2D eigenvalue weighted by Crippen LogP contribution is -2.09. The minimum Gasteiger partial charge on any atom is -0.469 e. The van der Waals surface area contributed by atoms with Gasteiger partial charge in [-0.1, -0.05) is 13.8 Å². The smallest absolute Gasteiger partial charge is 0.306 e. The van der Waals surface area contributed by atoms with Crippen LogP contribution in [0.15, 0.2) is 6.07 Å². The predicted octanol–water partition coefficient (Wildman–Crippen LogP) is 2.17. The standard InChI is InChI=1S/C12H20N2O2S/c1-5-10-7-11(14(3)13-10)8-17-9(2)6-12(15)16-4/h7,9H,5-6,8H2,1-4H3. The molecule has 0 N–H and O–H groups in total. The minimum absolute atomic E-state index is 0.149. The van der Waals surface area contributed by atoms with Gasteiger partial charge in [0.25, 0.3) is 0 Å². The molecule has 0 aliphatic rings. The summed E-state index contributed by atoms with van der Waals surface area (Å²) in [5.41, 5.74) is 2.31. The Hall–Kier alpha value is -0.970. The number of aryl methyl sites for hydroxylation is 2. The summed E-state index contributed by atoms with van der Waals surface area (Å²) in [6.07, 6.45) is 1.41. The monoisotopic (exact) mass is 256 g/mol. The molecule has 0 saturated carbocycles. The van der Waals surface area contributed by atoms with Crippen molar-refractivity contribution in [3.63, 3.8) is 0 Å². The van der Waals surface area contributed by atoms with Crippen LogP contribution < -0.4 is 0 Å². The van der Waals surface area contributed by atoms with Crippen LogP contribution in [0.4, 0.5) is 0 Å². The highest BCUT2D eigenvalue weighted by Crippen LogP contribution is 2.20. The maximum Gasteiger partial charge on any atom is 0.306 e. The minimum atomic E-state index is -0.149. The van der Waals surface area contributed by atoms with E-state index >= 15 is 0 Å². The Kier molecular flexibility index (Phi) is 5.55. The van der Waals surface area contributed by atoms with Gasteiger partial charge in [0.1, 0.15) is 0 Å². The first kappa shape index (κ1) is 14.1. The number of carbonyl (C=O) groups is 1. The van der Waals surface area contributed by atoms with Crippen LogP contribution in [0.3, 0.4) is 0 Å². The van der Waals surface area contributed by atoms with Crippen LogP contribution >= 0.6 is 11.8 Å². The summed E-state index contributed by atoms with van der Waals surface area (Å²) in [7, 11) is 3.38. The Bertz CT molecular complexity index is 377. The van der Waals surface area contributed by atoms with Crippen LogP contribution in [0.1, 0.15) is 31.7 Å². The van der Waals surface area contributed by atoms with Crippen molar-refractivity contribution in [2.24, 2.45) is 7.05 Å². The maximum atomic E-state index is 11.1. The number of rotatable bonds is 6. The van der Waals surface area contributed by atoms with Crippen LogP contribution in [0, 0.1) is 0 Å². The molecule has 1 aromatic rings. The van der Waals surface area contributed by atoms with Crippen molar-refractivity contribution in [1.29, 1.82) is 0 Å². The molecule has 0 amide bonds. The fourth-order valence-corrected chi connectivity index (χ4v) is 2.46. The van der Waals surface area contributed by atoms with E-state index in [1.165, 1.54) is 12.8 Å². The van der Waals surface area contributed by atoms with Crippen molar-refractivity contribution >= 4 is 17.7 Å². The van der Waals surface area contributed by atoms with Crippen molar-refractivity contribution in [1.82, 2.24) is 9.78 Å². The number of ether oxygens (including phenoxy) is 1. The summed E-state index contributed by atoms with van der Waals surface area (Å²) in [5, 5.41) is 4.66. The lowest BCUT2D eigenvalue weighted by molar-refractivity contribution is -0.140. The molecule has 1 atom stereocenters. The van der Waals surface area contributed by atoms with Gasteiger partial charge in [-0.05, 0) is 12.5 Å². The Morgan fingerprint density at radius 1 is 1.65 bits per heavy atom. The van der Waals surface area contributed by atoms with E-state index in [-0.39, 0.29) is 11.2 Å². The maximum absolute atomic E-state index is 11.1. The molecule has 96 valence electrons. The van der Waals surface area contributed by atoms with E-state index in [9.17, 15) is 4.79 Å². The highest BCUT2D eigenvalue weighted by atomic mass is 32.2. The van der Waals surface area contributed by atoms with E-state index in [4.69, 9.17) is 0 Å². The first-order valence-corrected chi connectivity index (χ1v) is 6.81. The second-order valence-corrected chi connectivity index (χ2v) is 5.43. The van der Waals surface area contributed by atoms with E-state index in [0.29, 0.717) is 6.42 Å². The summed E-state index contributed by atoms with van der Waals surface area (Å²) in [6.45, 7) is 4.14. The quantitative estimate of drug-likeness (QED) is 0.732. The molecular formula is C12H20N2O2S. The molecule has 0 radical (unpaired) electrons. The fraction of sp³-hybridized carbons (Fsp3) is 0.667. The van der Waals surface area contributed by atoms with Gasteiger partial charge in [-0.25, -0.2) is 0 Å². The average Bonchev–Trinajstić information content (AvgIpc) is 2.67. The molecular weight excluding hydrogens is 236 g/mol. The van der Waals surface area contributed by atoms with Gasteiger partial charge in [0.2, 0.25) is 0 Å². The van der Waals surface area contributed by atoms with Gasteiger partial charge in [-0.15, -0.1) is 0 Å². The molecule has 4 nitrogen and oxygen atoms in total. The summed E-state index contributed by atoms with van der Waals surface area (Å²) in [6, 6.07) is 2.12. The number of esters is 1. The number of methoxy groups -OCH3 is 1. The van der Waals surface area contributed by atoms with Gasteiger partial charge in [-0.3, -0.25) is 9.48 Å². The first-order chi connectivity index (χ1) is 8.06. The second kappa shape index (κ2) is 6.69. The molecule has 0 spiro atoms. The van der Waals surface area contributed by atoms with Crippen LogP contribution in [0.25, 0.3) is 0 Å². The molecule has 0 aliphatic carbocycles. The lowest BCUT2D eigenvalue weighted by Gasteiger charge is -2.09. The number of nitrogens with zero attached hydrogens (tertiary/aromatic N) is 2. The Balaban J connectivity index is 2.44. The van der Waals surface area contributed by atoms with Crippen molar-refractivity contribution in [2.45, 2.75) is 37.7 Å². The number of carbonyl (C=O) groups excluding carboxylic acids is 1. The summed E-state index contributed by atoms with van der Waals surface area (Å²) in [5.74, 6) is 0.728. The Morgan fingerprint density at radius 3 is 2.88 bits per heavy atom. The van der Waals surface area contributed by atoms with Crippen LogP contribution in [-0.4, -0.2) is 28.1 Å². The summed E-state index contributed by atoms with van der Waals surface area (Å²) in [4.78, 5) is 11.1. The van der Waals surface area contributed by atoms with E-state index in [1.807, 2.05) is 18.7 Å². The molecule has 5 heteroatoms. The van der Waals surface area contributed by atoms with E-state index in [1.54, 1.807) is 11.8 Å². The highest BCUT2D eigenvalue weighted by molar-refractivity contribution is 7.99. The van der Waals surface area contributed by atoms with Crippen LogP contribution in [0.5, 0.6) is 0 Å². The zero-order valence-corrected chi connectivity index (χ0v) is 11.7. The van der Waals surface area contributed by atoms with Crippen LogP contribution in [-0.2, 0) is 28.8 Å². The van der Waals surface area contributed by atoms with Gasteiger partial charge >= 0.3 is 5.97 Å². The predicted molar refractivity (Wildman–Crippen MR) is 70.0 cm³/mol. The number of aromatic nitrogens is 2. The Labute approximate surface area is 107 Å². The molecule has 1 heterocycles. The Morgan fingerprint density at radius 2 is 2.35 bits per heavy atom. The lowest BCUT2D eigenvalue weighted by atomic mass is 10.3. The number of hydrogen-bond acceptors (Lipinski definition) is 4. The molecule has 0 fully saturated rings. The van der Waals surface area contributed by atoms with Gasteiger partial charge in [0.15, 0.2) is 0 Å². The van der Waals surface area contributed by atoms with Crippen molar-refractivity contribution in [3.8, 4) is 0 Å². The molecule has 0 aromatic carbocycles. The third-order valence-electron chi connectivity index (χ3n) is 2.59. The highest BCUT2D eigenvalue weighted by Gasteiger charge is 2.11. The molecule has 0 saturated heterocycles. The van der Waals surface area contributed by atoms with Gasteiger partial charge < -0.3 is 4.74 Å².